The molecular formula is C12H24N2O2. The summed E-state index contributed by atoms with van der Waals surface area (Å²) in [4.78, 5) is 13.8. The van der Waals surface area contributed by atoms with Crippen LogP contribution in [0.3, 0.4) is 0 Å². The van der Waals surface area contributed by atoms with Crippen molar-refractivity contribution >= 4 is 5.91 Å². The Morgan fingerprint density at radius 1 is 1.44 bits per heavy atom. The molecule has 0 aromatic heterocycles. The number of amides is 1. The number of nitrogens with zero attached hydrogens (tertiary/aromatic N) is 1. The minimum absolute atomic E-state index is 0.183. The number of nitrogens with one attached hydrogen (secondary N) is 1. The molecule has 0 aromatic carbocycles. The summed E-state index contributed by atoms with van der Waals surface area (Å²) in [5, 5.41) is 2.97. The Morgan fingerprint density at radius 2 is 2.12 bits per heavy atom. The number of hydrogen-bond acceptors (Lipinski definition) is 3. The molecule has 0 unspecified atom stereocenters. The van der Waals surface area contributed by atoms with Crippen molar-refractivity contribution in [2.45, 2.75) is 26.7 Å². The smallest absolute Gasteiger partial charge is 0.220 e. The van der Waals surface area contributed by atoms with E-state index in [0.29, 0.717) is 12.3 Å². The zero-order valence-corrected chi connectivity index (χ0v) is 10.5. The van der Waals surface area contributed by atoms with E-state index in [1.807, 2.05) is 0 Å². The molecule has 1 heterocycles. The molecule has 1 aliphatic rings. The molecule has 1 saturated heterocycles. The summed E-state index contributed by atoms with van der Waals surface area (Å²) in [5.74, 6) is 0.672. The van der Waals surface area contributed by atoms with Crippen LogP contribution in [0.25, 0.3) is 0 Å². The molecule has 1 N–H and O–H groups in total. The van der Waals surface area contributed by atoms with E-state index in [4.69, 9.17) is 4.74 Å². The van der Waals surface area contributed by atoms with Gasteiger partial charge in [-0.2, -0.15) is 0 Å². The molecule has 0 bridgehead atoms. The van der Waals surface area contributed by atoms with Crippen LogP contribution in [0.5, 0.6) is 0 Å². The number of hydrogen-bond donors (Lipinski definition) is 1. The Bertz CT molecular complexity index is 203. The van der Waals surface area contributed by atoms with Crippen molar-refractivity contribution in [2.75, 3.05) is 39.4 Å². The molecule has 1 aliphatic heterocycles. The van der Waals surface area contributed by atoms with Gasteiger partial charge in [0.05, 0.1) is 13.2 Å². The first-order chi connectivity index (χ1) is 7.72. The zero-order valence-electron chi connectivity index (χ0n) is 10.5. The summed E-state index contributed by atoms with van der Waals surface area (Å²) in [6, 6.07) is 0. The highest BCUT2D eigenvalue weighted by Crippen LogP contribution is 2.05. The first-order valence-corrected chi connectivity index (χ1v) is 6.29. The Morgan fingerprint density at radius 3 is 2.75 bits per heavy atom. The normalized spacial score (nSPS) is 19.4. The number of carbonyl (C=O) groups is 1. The van der Waals surface area contributed by atoms with Crippen LogP contribution in [-0.2, 0) is 9.53 Å². The minimum atomic E-state index is 0.183. The highest BCUT2D eigenvalue weighted by atomic mass is 16.5. The van der Waals surface area contributed by atoms with Gasteiger partial charge in [0.15, 0.2) is 0 Å². The van der Waals surface area contributed by atoms with Crippen LogP contribution in [0, 0.1) is 5.92 Å². The molecule has 1 amide bonds. The van der Waals surface area contributed by atoms with Crippen molar-refractivity contribution in [1.82, 2.24) is 10.2 Å². The Hall–Kier alpha value is -0.610. The van der Waals surface area contributed by atoms with E-state index in [1.54, 1.807) is 0 Å². The van der Waals surface area contributed by atoms with E-state index in [0.717, 1.165) is 45.8 Å². The van der Waals surface area contributed by atoms with Gasteiger partial charge in [0.2, 0.25) is 5.91 Å². The van der Waals surface area contributed by atoms with Crippen LogP contribution >= 0.6 is 0 Å². The molecule has 0 aromatic rings. The molecule has 0 aliphatic carbocycles. The highest BCUT2D eigenvalue weighted by molar-refractivity contribution is 5.76. The maximum absolute atomic E-state index is 11.5. The van der Waals surface area contributed by atoms with Gasteiger partial charge in [-0.1, -0.05) is 20.3 Å². The zero-order chi connectivity index (χ0) is 11.8. The molecule has 94 valence electrons. The molecule has 0 radical (unpaired) electrons. The maximum atomic E-state index is 11.5. The maximum Gasteiger partial charge on any atom is 0.220 e. The monoisotopic (exact) mass is 228 g/mol. The third-order valence-electron chi connectivity index (χ3n) is 3.08. The fourth-order valence-electron chi connectivity index (χ4n) is 1.71. The second-order valence-electron chi connectivity index (χ2n) is 4.52. The first-order valence-electron chi connectivity index (χ1n) is 6.29. The Balaban J connectivity index is 2.03. The predicted molar refractivity (Wildman–Crippen MR) is 64.3 cm³/mol. The van der Waals surface area contributed by atoms with Crippen molar-refractivity contribution in [3.63, 3.8) is 0 Å². The second-order valence-corrected chi connectivity index (χ2v) is 4.52. The number of morpholine rings is 1. The highest BCUT2D eigenvalue weighted by Gasteiger charge is 2.11. The van der Waals surface area contributed by atoms with Gasteiger partial charge in [0.25, 0.3) is 0 Å². The molecular weight excluding hydrogens is 204 g/mol. The number of ether oxygens (including phenoxy) is 1. The topological polar surface area (TPSA) is 41.6 Å². The average molecular weight is 228 g/mol. The van der Waals surface area contributed by atoms with Crippen LogP contribution in [0.1, 0.15) is 26.7 Å². The molecule has 16 heavy (non-hydrogen) atoms. The summed E-state index contributed by atoms with van der Waals surface area (Å²) >= 11 is 0. The predicted octanol–water partition coefficient (Wildman–Crippen LogP) is 0.871. The second kappa shape index (κ2) is 7.63. The van der Waals surface area contributed by atoms with Crippen molar-refractivity contribution in [3.8, 4) is 0 Å². The van der Waals surface area contributed by atoms with Gasteiger partial charge < -0.3 is 10.1 Å². The molecule has 1 rings (SSSR count). The molecule has 4 nitrogen and oxygen atoms in total. The fraction of sp³-hybridized carbons (Fsp3) is 0.917. The van der Waals surface area contributed by atoms with Gasteiger partial charge in [-0.05, 0) is 5.92 Å². The van der Waals surface area contributed by atoms with Crippen LogP contribution in [-0.4, -0.2) is 50.2 Å². The fourth-order valence-corrected chi connectivity index (χ4v) is 1.71. The quantitative estimate of drug-likeness (QED) is 0.733. The average Bonchev–Trinajstić information content (AvgIpc) is 2.30. The van der Waals surface area contributed by atoms with Gasteiger partial charge >= 0.3 is 0 Å². The van der Waals surface area contributed by atoms with Crippen LogP contribution < -0.4 is 5.32 Å². The molecule has 1 fully saturated rings. The standard InChI is InChI=1S/C12H24N2O2/c1-3-11(2)10-12(15)13-4-5-14-6-8-16-9-7-14/h11H,3-10H2,1-2H3,(H,13,15)/t11-/m0/s1. The molecule has 0 saturated carbocycles. The Kier molecular flexibility index (Phi) is 6.42. The summed E-state index contributed by atoms with van der Waals surface area (Å²) in [6.45, 7) is 9.54. The molecule has 1 atom stereocenters. The van der Waals surface area contributed by atoms with Crippen molar-refractivity contribution in [3.05, 3.63) is 0 Å². The van der Waals surface area contributed by atoms with Crippen LogP contribution in [0.4, 0.5) is 0 Å². The van der Waals surface area contributed by atoms with Crippen LogP contribution in [0.2, 0.25) is 0 Å². The summed E-state index contributed by atoms with van der Waals surface area (Å²) in [5.41, 5.74) is 0. The van der Waals surface area contributed by atoms with E-state index in [1.165, 1.54) is 0 Å². The summed E-state index contributed by atoms with van der Waals surface area (Å²) < 4.78 is 5.27. The van der Waals surface area contributed by atoms with Gasteiger partial charge in [-0.25, -0.2) is 0 Å². The molecule has 0 spiro atoms. The van der Waals surface area contributed by atoms with Crippen molar-refractivity contribution in [1.29, 1.82) is 0 Å². The van der Waals surface area contributed by atoms with E-state index >= 15 is 0 Å². The van der Waals surface area contributed by atoms with Gasteiger partial charge in [0, 0.05) is 32.6 Å². The number of rotatable bonds is 6. The van der Waals surface area contributed by atoms with Crippen LogP contribution in [0.15, 0.2) is 0 Å². The third kappa shape index (κ3) is 5.47. The van der Waals surface area contributed by atoms with Crippen molar-refractivity contribution < 1.29 is 9.53 Å². The lowest BCUT2D eigenvalue weighted by Crippen LogP contribution is -2.41. The first kappa shape index (κ1) is 13.5. The minimum Gasteiger partial charge on any atom is -0.379 e. The van der Waals surface area contributed by atoms with E-state index in [-0.39, 0.29) is 5.91 Å². The lowest BCUT2D eigenvalue weighted by Gasteiger charge is -2.26. The van der Waals surface area contributed by atoms with Gasteiger partial charge in [0.1, 0.15) is 0 Å². The summed E-state index contributed by atoms with van der Waals surface area (Å²) in [7, 11) is 0. The lowest BCUT2D eigenvalue weighted by atomic mass is 10.1. The largest absolute Gasteiger partial charge is 0.379 e. The van der Waals surface area contributed by atoms with Crippen molar-refractivity contribution in [2.24, 2.45) is 5.92 Å². The van der Waals surface area contributed by atoms with Gasteiger partial charge in [-0.3, -0.25) is 9.69 Å². The SMILES string of the molecule is CC[C@H](C)CC(=O)NCCN1CCOCC1. The lowest BCUT2D eigenvalue weighted by molar-refractivity contribution is -0.122. The Labute approximate surface area is 98.3 Å². The third-order valence-corrected chi connectivity index (χ3v) is 3.08. The van der Waals surface area contributed by atoms with E-state index in [2.05, 4.69) is 24.1 Å². The number of carbonyl (C=O) groups excluding carboxylic acids is 1. The van der Waals surface area contributed by atoms with Gasteiger partial charge in [-0.15, -0.1) is 0 Å². The molecule has 4 heteroatoms. The van der Waals surface area contributed by atoms with E-state index < -0.39 is 0 Å². The van der Waals surface area contributed by atoms with E-state index in [9.17, 15) is 4.79 Å². The summed E-state index contributed by atoms with van der Waals surface area (Å²) in [6.07, 6.45) is 1.72.